The maximum absolute atomic E-state index is 11.8. The van der Waals surface area contributed by atoms with Gasteiger partial charge in [-0.1, -0.05) is 12.1 Å². The number of phenols is 1. The lowest BCUT2D eigenvalue weighted by Gasteiger charge is -2.06. The molecule has 16 heavy (non-hydrogen) atoms. The van der Waals surface area contributed by atoms with Crippen LogP contribution in [0, 0.1) is 0 Å². The molecule has 1 heterocycles. The number of carbonyl (C=O) groups is 1. The summed E-state index contributed by atoms with van der Waals surface area (Å²) in [6.45, 7) is 0. The van der Waals surface area contributed by atoms with Gasteiger partial charge in [0, 0.05) is 13.2 Å². The number of benzene rings is 1. The minimum absolute atomic E-state index is 0.0398. The van der Waals surface area contributed by atoms with Crippen LogP contribution in [-0.4, -0.2) is 20.8 Å². The van der Waals surface area contributed by atoms with E-state index in [1.807, 2.05) is 0 Å². The van der Waals surface area contributed by atoms with Crippen molar-refractivity contribution in [2.75, 3.05) is 5.32 Å². The largest absolute Gasteiger partial charge is 0.506 e. The highest BCUT2D eigenvalue weighted by atomic mass is 16.3. The molecule has 0 atom stereocenters. The number of aromatic hydroxyl groups is 1. The van der Waals surface area contributed by atoms with Gasteiger partial charge in [0.15, 0.2) is 0 Å². The number of hydrogen-bond acceptors (Lipinski definition) is 3. The minimum Gasteiger partial charge on any atom is -0.506 e. The van der Waals surface area contributed by atoms with Crippen LogP contribution in [0.5, 0.6) is 5.75 Å². The zero-order chi connectivity index (χ0) is 11.5. The Hall–Kier alpha value is -2.30. The van der Waals surface area contributed by atoms with Gasteiger partial charge in [-0.05, 0) is 18.2 Å². The van der Waals surface area contributed by atoms with Crippen molar-refractivity contribution in [3.63, 3.8) is 0 Å². The third kappa shape index (κ3) is 1.88. The molecule has 0 unspecified atom stereocenters. The van der Waals surface area contributed by atoms with Gasteiger partial charge in [0.1, 0.15) is 11.4 Å². The van der Waals surface area contributed by atoms with Gasteiger partial charge in [-0.25, -0.2) is 0 Å². The summed E-state index contributed by atoms with van der Waals surface area (Å²) in [4.78, 5) is 11.8. The second-order valence-electron chi connectivity index (χ2n) is 3.31. The van der Waals surface area contributed by atoms with Crippen LogP contribution >= 0.6 is 0 Å². The molecule has 82 valence electrons. The number of anilines is 1. The number of aromatic nitrogens is 2. The van der Waals surface area contributed by atoms with Crippen LogP contribution in [0.2, 0.25) is 0 Å². The van der Waals surface area contributed by atoms with Crippen molar-refractivity contribution in [3.8, 4) is 5.75 Å². The summed E-state index contributed by atoms with van der Waals surface area (Å²) >= 11 is 0. The quantitative estimate of drug-likeness (QED) is 0.747. The first-order chi connectivity index (χ1) is 7.68. The van der Waals surface area contributed by atoms with Gasteiger partial charge < -0.3 is 10.4 Å². The maximum atomic E-state index is 11.8. The number of nitrogens with zero attached hydrogens (tertiary/aromatic N) is 2. The number of amides is 1. The molecule has 2 aromatic rings. The third-order valence-corrected chi connectivity index (χ3v) is 2.21. The van der Waals surface area contributed by atoms with Crippen molar-refractivity contribution >= 4 is 11.6 Å². The van der Waals surface area contributed by atoms with Crippen molar-refractivity contribution in [1.29, 1.82) is 0 Å². The van der Waals surface area contributed by atoms with Gasteiger partial charge >= 0.3 is 0 Å². The summed E-state index contributed by atoms with van der Waals surface area (Å²) in [5.41, 5.74) is 0.817. The Morgan fingerprint density at radius 3 is 2.75 bits per heavy atom. The van der Waals surface area contributed by atoms with E-state index < -0.39 is 0 Å². The molecule has 0 aliphatic rings. The number of para-hydroxylation sites is 2. The van der Waals surface area contributed by atoms with Crippen LogP contribution in [0.4, 0.5) is 5.69 Å². The standard InChI is InChI=1S/C11H11N3O2/c1-14-9(6-7-12-14)11(16)13-8-4-2-3-5-10(8)15/h2-7,15H,1H3,(H,13,16). The van der Waals surface area contributed by atoms with Crippen LogP contribution in [0.25, 0.3) is 0 Å². The summed E-state index contributed by atoms with van der Waals surface area (Å²) in [6.07, 6.45) is 1.54. The molecule has 1 aromatic heterocycles. The first kappa shape index (κ1) is 10.2. The molecule has 0 fully saturated rings. The Bertz CT molecular complexity index is 519. The summed E-state index contributed by atoms with van der Waals surface area (Å²) < 4.78 is 1.47. The number of aryl methyl sites for hydroxylation is 1. The number of hydrogen-bond donors (Lipinski definition) is 2. The summed E-state index contributed by atoms with van der Waals surface area (Å²) in [7, 11) is 1.68. The second kappa shape index (κ2) is 4.06. The predicted molar refractivity (Wildman–Crippen MR) is 59.3 cm³/mol. The van der Waals surface area contributed by atoms with E-state index in [2.05, 4.69) is 10.4 Å². The first-order valence-electron chi connectivity index (χ1n) is 4.76. The molecule has 0 radical (unpaired) electrons. The fourth-order valence-electron chi connectivity index (χ4n) is 1.36. The van der Waals surface area contributed by atoms with Gasteiger partial charge in [-0.15, -0.1) is 0 Å². The van der Waals surface area contributed by atoms with E-state index in [9.17, 15) is 9.90 Å². The second-order valence-corrected chi connectivity index (χ2v) is 3.31. The van der Waals surface area contributed by atoms with Crippen molar-refractivity contribution in [1.82, 2.24) is 9.78 Å². The van der Waals surface area contributed by atoms with E-state index in [1.165, 1.54) is 10.7 Å². The molecule has 5 heteroatoms. The predicted octanol–water partition coefficient (Wildman–Crippen LogP) is 1.38. The van der Waals surface area contributed by atoms with Crippen LogP contribution in [0.15, 0.2) is 36.5 Å². The first-order valence-corrected chi connectivity index (χ1v) is 4.76. The zero-order valence-corrected chi connectivity index (χ0v) is 8.71. The SMILES string of the molecule is Cn1nccc1C(=O)Nc1ccccc1O. The molecule has 5 nitrogen and oxygen atoms in total. The molecule has 0 spiro atoms. The third-order valence-electron chi connectivity index (χ3n) is 2.21. The number of rotatable bonds is 2. The van der Waals surface area contributed by atoms with E-state index in [1.54, 1.807) is 37.5 Å². The number of nitrogens with one attached hydrogen (secondary N) is 1. The highest BCUT2D eigenvalue weighted by molar-refractivity contribution is 6.03. The normalized spacial score (nSPS) is 10.1. The molecule has 0 saturated heterocycles. The van der Waals surface area contributed by atoms with E-state index in [0.717, 1.165) is 0 Å². The van der Waals surface area contributed by atoms with Gasteiger partial charge in [-0.2, -0.15) is 5.10 Å². The smallest absolute Gasteiger partial charge is 0.274 e. The van der Waals surface area contributed by atoms with E-state index in [0.29, 0.717) is 11.4 Å². The van der Waals surface area contributed by atoms with Gasteiger partial charge in [0.2, 0.25) is 0 Å². The summed E-state index contributed by atoms with van der Waals surface area (Å²) in [6, 6.07) is 8.17. The lowest BCUT2D eigenvalue weighted by molar-refractivity contribution is 0.101. The lowest BCUT2D eigenvalue weighted by atomic mass is 10.3. The van der Waals surface area contributed by atoms with Crippen LogP contribution < -0.4 is 5.32 Å². The van der Waals surface area contributed by atoms with Crippen LogP contribution in [0.1, 0.15) is 10.5 Å². The molecule has 2 rings (SSSR count). The van der Waals surface area contributed by atoms with Gasteiger partial charge in [-0.3, -0.25) is 9.48 Å². The molecule has 0 saturated carbocycles. The summed E-state index contributed by atoms with van der Waals surface area (Å²) in [5.74, 6) is -0.264. The topological polar surface area (TPSA) is 67.2 Å². The molecule has 0 bridgehead atoms. The fourth-order valence-corrected chi connectivity index (χ4v) is 1.36. The van der Waals surface area contributed by atoms with Crippen molar-refractivity contribution in [2.24, 2.45) is 7.05 Å². The Kier molecular flexibility index (Phi) is 2.59. The molecular formula is C11H11N3O2. The van der Waals surface area contributed by atoms with Crippen LogP contribution in [-0.2, 0) is 7.05 Å². The minimum atomic E-state index is -0.304. The molecule has 0 aliphatic carbocycles. The van der Waals surface area contributed by atoms with Crippen molar-refractivity contribution in [3.05, 3.63) is 42.2 Å². The monoisotopic (exact) mass is 217 g/mol. The molecule has 1 amide bonds. The molecule has 1 aromatic carbocycles. The van der Waals surface area contributed by atoms with E-state index >= 15 is 0 Å². The fraction of sp³-hybridized carbons (Fsp3) is 0.0909. The number of carbonyl (C=O) groups excluding carboxylic acids is 1. The Morgan fingerprint density at radius 1 is 1.38 bits per heavy atom. The highest BCUT2D eigenvalue weighted by Crippen LogP contribution is 2.21. The average Bonchev–Trinajstić information content (AvgIpc) is 2.68. The highest BCUT2D eigenvalue weighted by Gasteiger charge is 2.11. The summed E-state index contributed by atoms with van der Waals surface area (Å²) in [5, 5.41) is 16.0. The Morgan fingerprint density at radius 2 is 2.12 bits per heavy atom. The number of phenolic OH excluding ortho intramolecular Hbond substituents is 1. The molecule has 2 N–H and O–H groups in total. The van der Waals surface area contributed by atoms with E-state index in [4.69, 9.17) is 0 Å². The zero-order valence-electron chi connectivity index (χ0n) is 8.71. The van der Waals surface area contributed by atoms with E-state index in [-0.39, 0.29) is 11.7 Å². The van der Waals surface area contributed by atoms with Crippen LogP contribution in [0.3, 0.4) is 0 Å². The van der Waals surface area contributed by atoms with Gasteiger partial charge in [0.25, 0.3) is 5.91 Å². The van der Waals surface area contributed by atoms with Crippen molar-refractivity contribution < 1.29 is 9.90 Å². The molecular weight excluding hydrogens is 206 g/mol. The van der Waals surface area contributed by atoms with Crippen molar-refractivity contribution in [2.45, 2.75) is 0 Å². The van der Waals surface area contributed by atoms with Gasteiger partial charge in [0.05, 0.1) is 5.69 Å². The Labute approximate surface area is 92.3 Å². The maximum Gasteiger partial charge on any atom is 0.274 e. The molecule has 0 aliphatic heterocycles. The average molecular weight is 217 g/mol. The Balaban J connectivity index is 2.21. The lowest BCUT2D eigenvalue weighted by Crippen LogP contribution is -2.16.